The van der Waals surface area contributed by atoms with E-state index in [0.717, 1.165) is 36.1 Å². The monoisotopic (exact) mass is 443 g/mol. The van der Waals surface area contributed by atoms with Crippen LogP contribution < -0.4 is 10.6 Å². The van der Waals surface area contributed by atoms with E-state index in [-0.39, 0.29) is 17.7 Å². The largest absolute Gasteiger partial charge is 0.451 e. The first-order valence-corrected chi connectivity index (χ1v) is 11.4. The lowest BCUT2D eigenvalue weighted by atomic mass is 9.73. The topological polar surface area (TPSA) is 105 Å². The molecule has 4 amide bonds. The molecule has 1 saturated heterocycles. The van der Waals surface area contributed by atoms with Crippen molar-refractivity contribution in [2.45, 2.75) is 77.4 Å². The van der Waals surface area contributed by atoms with E-state index in [0.29, 0.717) is 12.1 Å². The highest BCUT2D eigenvalue weighted by Crippen LogP contribution is 2.38. The van der Waals surface area contributed by atoms with Crippen LogP contribution in [0.25, 0.3) is 0 Å². The molecule has 2 aliphatic rings. The third-order valence-electron chi connectivity index (χ3n) is 6.83. The van der Waals surface area contributed by atoms with Gasteiger partial charge >= 0.3 is 12.0 Å². The molecule has 1 aromatic carbocycles. The number of ether oxygens (including phenoxy) is 1. The fourth-order valence-electron chi connectivity index (χ4n) is 4.55. The molecule has 4 atom stereocenters. The van der Waals surface area contributed by atoms with Crippen LogP contribution in [0, 0.1) is 5.92 Å². The van der Waals surface area contributed by atoms with Gasteiger partial charge in [-0.3, -0.25) is 19.3 Å². The van der Waals surface area contributed by atoms with E-state index in [4.69, 9.17) is 4.74 Å². The number of nitrogens with zero attached hydrogens (tertiary/aromatic N) is 1. The summed E-state index contributed by atoms with van der Waals surface area (Å²) in [4.78, 5) is 51.4. The molecule has 0 bridgehead atoms. The summed E-state index contributed by atoms with van der Waals surface area (Å²) in [5.74, 6) is -1.38. The fraction of sp³-hybridized carbons (Fsp3) is 0.583. The van der Waals surface area contributed by atoms with Crippen molar-refractivity contribution >= 4 is 29.5 Å². The zero-order valence-corrected chi connectivity index (χ0v) is 19.3. The molecule has 8 nitrogen and oxygen atoms in total. The Balaban J connectivity index is 1.60. The number of anilines is 1. The average molecular weight is 444 g/mol. The van der Waals surface area contributed by atoms with E-state index in [1.807, 2.05) is 31.2 Å². The number of para-hydroxylation sites is 1. The Morgan fingerprint density at radius 3 is 2.66 bits per heavy atom. The summed E-state index contributed by atoms with van der Waals surface area (Å²) in [5, 5.41) is 5.62. The molecule has 1 heterocycles. The molecule has 8 heteroatoms. The van der Waals surface area contributed by atoms with E-state index in [1.165, 1.54) is 6.92 Å². The van der Waals surface area contributed by atoms with Gasteiger partial charge in [0.05, 0.1) is 0 Å². The third-order valence-corrected chi connectivity index (χ3v) is 6.83. The van der Waals surface area contributed by atoms with Gasteiger partial charge in [-0.15, -0.1) is 0 Å². The van der Waals surface area contributed by atoms with Crippen molar-refractivity contribution in [2.24, 2.45) is 5.92 Å². The maximum absolute atomic E-state index is 13.0. The highest BCUT2D eigenvalue weighted by molar-refractivity contribution is 6.09. The first-order chi connectivity index (χ1) is 15.2. The van der Waals surface area contributed by atoms with Gasteiger partial charge in [-0.25, -0.2) is 4.79 Å². The Hall–Kier alpha value is -2.90. The molecule has 1 saturated carbocycles. The minimum Gasteiger partial charge on any atom is -0.451 e. The number of rotatable bonds is 7. The number of imide groups is 1. The predicted octanol–water partition coefficient (Wildman–Crippen LogP) is 3.57. The molecule has 0 unspecified atom stereocenters. The number of benzene rings is 1. The molecule has 1 aliphatic carbocycles. The van der Waals surface area contributed by atoms with Crippen LogP contribution in [0.1, 0.15) is 71.3 Å². The van der Waals surface area contributed by atoms with Crippen molar-refractivity contribution in [1.29, 1.82) is 0 Å². The SMILES string of the molecule is CC[C@H](C)c1ccccc1NC(=O)[C@H](C)OC(=O)CN1C(=O)N[C@@]2(CCCC[C@H]2C)C1=O. The Kier molecular flexibility index (Phi) is 7.21. The molecule has 1 aliphatic heterocycles. The maximum atomic E-state index is 13.0. The van der Waals surface area contributed by atoms with Gasteiger partial charge in [0.1, 0.15) is 12.1 Å². The quantitative estimate of drug-likeness (QED) is 0.495. The highest BCUT2D eigenvalue weighted by atomic mass is 16.5. The van der Waals surface area contributed by atoms with Crippen molar-refractivity contribution in [3.8, 4) is 0 Å². The van der Waals surface area contributed by atoms with Gasteiger partial charge in [0.25, 0.3) is 11.8 Å². The summed E-state index contributed by atoms with van der Waals surface area (Å²) in [6, 6.07) is 6.93. The second-order valence-corrected chi connectivity index (χ2v) is 8.96. The first kappa shape index (κ1) is 23.8. The van der Waals surface area contributed by atoms with Gasteiger partial charge in [-0.1, -0.05) is 51.8 Å². The summed E-state index contributed by atoms with van der Waals surface area (Å²) >= 11 is 0. The van der Waals surface area contributed by atoms with Crippen molar-refractivity contribution in [2.75, 3.05) is 11.9 Å². The second-order valence-electron chi connectivity index (χ2n) is 8.96. The number of esters is 1. The highest BCUT2D eigenvalue weighted by Gasteiger charge is 2.55. The molecule has 32 heavy (non-hydrogen) atoms. The molecular formula is C24H33N3O5. The minimum atomic E-state index is -1.07. The average Bonchev–Trinajstić information content (AvgIpc) is 3.00. The third kappa shape index (κ3) is 4.64. The fourth-order valence-corrected chi connectivity index (χ4v) is 4.55. The Bertz CT molecular complexity index is 901. The number of hydrogen-bond acceptors (Lipinski definition) is 5. The first-order valence-electron chi connectivity index (χ1n) is 11.4. The van der Waals surface area contributed by atoms with Crippen molar-refractivity contribution in [3.63, 3.8) is 0 Å². The molecule has 3 rings (SSSR count). The summed E-state index contributed by atoms with van der Waals surface area (Å²) in [6.07, 6.45) is 3.13. The molecule has 1 aromatic rings. The van der Waals surface area contributed by atoms with Crippen LogP contribution in [0.15, 0.2) is 24.3 Å². The van der Waals surface area contributed by atoms with Crippen molar-refractivity contribution in [1.82, 2.24) is 10.2 Å². The number of nitrogens with one attached hydrogen (secondary N) is 2. The van der Waals surface area contributed by atoms with Gasteiger partial charge in [0, 0.05) is 5.69 Å². The van der Waals surface area contributed by atoms with Gasteiger partial charge in [-0.2, -0.15) is 0 Å². The maximum Gasteiger partial charge on any atom is 0.327 e. The van der Waals surface area contributed by atoms with Gasteiger partial charge in [-0.05, 0) is 49.7 Å². The van der Waals surface area contributed by atoms with Gasteiger partial charge in [0.2, 0.25) is 0 Å². The van der Waals surface area contributed by atoms with Crippen LogP contribution in [-0.4, -0.2) is 46.9 Å². The number of hydrogen-bond donors (Lipinski definition) is 2. The predicted molar refractivity (Wildman–Crippen MR) is 120 cm³/mol. The lowest BCUT2D eigenvalue weighted by Gasteiger charge is -2.36. The number of amides is 4. The molecule has 0 radical (unpaired) electrons. The Morgan fingerprint density at radius 1 is 1.25 bits per heavy atom. The van der Waals surface area contributed by atoms with Crippen LogP contribution in [0.3, 0.4) is 0 Å². The van der Waals surface area contributed by atoms with Crippen LogP contribution >= 0.6 is 0 Å². The minimum absolute atomic E-state index is 0.00371. The second kappa shape index (κ2) is 9.71. The number of urea groups is 1. The summed E-state index contributed by atoms with van der Waals surface area (Å²) in [7, 11) is 0. The Morgan fingerprint density at radius 2 is 1.97 bits per heavy atom. The summed E-state index contributed by atoms with van der Waals surface area (Å²) < 4.78 is 5.25. The Labute approximate surface area is 189 Å². The van der Waals surface area contributed by atoms with E-state index < -0.39 is 36.1 Å². The van der Waals surface area contributed by atoms with E-state index >= 15 is 0 Å². The zero-order valence-electron chi connectivity index (χ0n) is 19.3. The van der Waals surface area contributed by atoms with Crippen LogP contribution in [0.2, 0.25) is 0 Å². The van der Waals surface area contributed by atoms with Crippen LogP contribution in [0.4, 0.5) is 10.5 Å². The van der Waals surface area contributed by atoms with Crippen LogP contribution in [0.5, 0.6) is 0 Å². The molecule has 2 fully saturated rings. The standard InChI is InChI=1S/C24H33N3O5/c1-5-15(2)18-11-6-7-12-19(18)25-21(29)17(4)32-20(28)14-27-22(30)24(26-23(27)31)13-9-8-10-16(24)3/h6-7,11-12,15-17H,5,8-10,13-14H2,1-4H3,(H,25,29)(H,26,31)/t15-,16+,17-,24+/m0/s1. The lowest BCUT2D eigenvalue weighted by molar-refractivity contribution is -0.155. The van der Waals surface area contributed by atoms with Gasteiger partial charge < -0.3 is 15.4 Å². The lowest BCUT2D eigenvalue weighted by Crippen LogP contribution is -2.54. The van der Waals surface area contributed by atoms with E-state index in [9.17, 15) is 19.2 Å². The molecule has 174 valence electrons. The van der Waals surface area contributed by atoms with Gasteiger partial charge in [0.15, 0.2) is 6.10 Å². The van der Waals surface area contributed by atoms with Crippen molar-refractivity contribution in [3.05, 3.63) is 29.8 Å². The zero-order chi connectivity index (χ0) is 23.5. The normalized spacial score (nSPS) is 24.8. The summed E-state index contributed by atoms with van der Waals surface area (Å²) in [5.41, 5.74) is 0.753. The smallest absolute Gasteiger partial charge is 0.327 e. The molecule has 2 N–H and O–H groups in total. The molecule has 1 spiro atoms. The van der Waals surface area contributed by atoms with Crippen LogP contribution in [-0.2, 0) is 19.1 Å². The van der Waals surface area contributed by atoms with E-state index in [2.05, 4.69) is 24.5 Å². The molecular weight excluding hydrogens is 410 g/mol. The molecule has 0 aromatic heterocycles. The van der Waals surface area contributed by atoms with Crippen molar-refractivity contribution < 1.29 is 23.9 Å². The number of carbonyl (C=O) groups is 4. The summed E-state index contributed by atoms with van der Waals surface area (Å²) in [6.45, 7) is 7.05. The number of carbonyl (C=O) groups excluding carboxylic acids is 4. The van der Waals surface area contributed by atoms with E-state index in [1.54, 1.807) is 0 Å².